The van der Waals surface area contributed by atoms with Gasteiger partial charge in [-0.2, -0.15) is 0 Å². The molecule has 8 heteroatoms. The van der Waals surface area contributed by atoms with Gasteiger partial charge >= 0.3 is 0 Å². The third-order valence-electron chi connectivity index (χ3n) is 3.15. The van der Waals surface area contributed by atoms with Gasteiger partial charge in [0.15, 0.2) is 0 Å². The molecule has 20 heavy (non-hydrogen) atoms. The fraction of sp³-hybridized carbons (Fsp3) is 0.500. The van der Waals surface area contributed by atoms with Crippen LogP contribution in [-0.2, 0) is 14.8 Å². The maximum Gasteiger partial charge on any atom is 0.242 e. The van der Waals surface area contributed by atoms with E-state index in [9.17, 15) is 12.8 Å². The Hall–Kier alpha value is -0.700. The predicted octanol–water partition coefficient (Wildman–Crippen LogP) is 2.02. The Balaban J connectivity index is 2.24. The largest absolute Gasteiger partial charge is 0.398 e. The summed E-state index contributed by atoms with van der Waals surface area (Å²) in [6.45, 7) is 2.40. The lowest BCUT2D eigenvalue weighted by atomic mass is 10.1. The average Bonchev–Trinajstić information content (AvgIpc) is 2.33. The number of rotatable bonds is 3. The van der Waals surface area contributed by atoms with Crippen molar-refractivity contribution in [2.45, 2.75) is 36.8 Å². The van der Waals surface area contributed by atoms with Crippen molar-refractivity contribution in [1.82, 2.24) is 4.72 Å². The van der Waals surface area contributed by atoms with Gasteiger partial charge in [0.1, 0.15) is 10.7 Å². The van der Waals surface area contributed by atoms with Gasteiger partial charge in [0.05, 0.1) is 16.3 Å². The molecule has 3 N–H and O–H groups in total. The van der Waals surface area contributed by atoms with Crippen molar-refractivity contribution in [2.75, 3.05) is 12.3 Å². The van der Waals surface area contributed by atoms with E-state index in [0.717, 1.165) is 6.07 Å². The molecule has 112 valence electrons. The standard InChI is InChI=1S/C12H16BrFN2O3S/c1-7-4-8(2-3-19-7)16-20(17,18)12-5-9(13)10(14)6-11(12)15/h5-8,16H,2-4,15H2,1H3. The highest BCUT2D eigenvalue weighted by molar-refractivity contribution is 9.10. The van der Waals surface area contributed by atoms with Gasteiger partial charge in [-0.15, -0.1) is 0 Å². The molecule has 1 aromatic rings. The summed E-state index contributed by atoms with van der Waals surface area (Å²) in [4.78, 5) is -0.120. The molecule has 2 unspecified atom stereocenters. The number of hydrogen-bond acceptors (Lipinski definition) is 4. The van der Waals surface area contributed by atoms with Crippen molar-refractivity contribution in [2.24, 2.45) is 0 Å². The van der Waals surface area contributed by atoms with E-state index >= 15 is 0 Å². The third-order valence-corrected chi connectivity index (χ3v) is 5.33. The molecule has 2 atom stereocenters. The molecule has 1 saturated heterocycles. The summed E-state index contributed by atoms with van der Waals surface area (Å²) in [6, 6.07) is 1.97. The first-order valence-corrected chi connectivity index (χ1v) is 8.45. The molecule has 0 saturated carbocycles. The molecule has 0 amide bonds. The van der Waals surface area contributed by atoms with Crippen LogP contribution in [0.2, 0.25) is 0 Å². The van der Waals surface area contributed by atoms with Crippen LogP contribution in [0.15, 0.2) is 21.5 Å². The lowest BCUT2D eigenvalue weighted by Crippen LogP contribution is -2.41. The molecule has 5 nitrogen and oxygen atoms in total. The maximum absolute atomic E-state index is 13.3. The first-order chi connectivity index (χ1) is 9.29. The van der Waals surface area contributed by atoms with Crippen LogP contribution in [0.25, 0.3) is 0 Å². The second kappa shape index (κ2) is 5.97. The number of halogens is 2. The molecule has 1 aliphatic heterocycles. The Morgan fingerprint density at radius 2 is 2.20 bits per heavy atom. The van der Waals surface area contributed by atoms with Gasteiger partial charge < -0.3 is 10.5 Å². The Morgan fingerprint density at radius 1 is 1.50 bits per heavy atom. The topological polar surface area (TPSA) is 81.4 Å². The smallest absolute Gasteiger partial charge is 0.242 e. The van der Waals surface area contributed by atoms with Crippen molar-refractivity contribution >= 4 is 31.6 Å². The third kappa shape index (κ3) is 3.49. The van der Waals surface area contributed by atoms with E-state index < -0.39 is 15.8 Å². The van der Waals surface area contributed by atoms with E-state index in [-0.39, 0.29) is 27.2 Å². The number of nitrogens with two attached hydrogens (primary N) is 1. The zero-order valence-electron chi connectivity index (χ0n) is 10.9. The number of sulfonamides is 1. The quantitative estimate of drug-likeness (QED) is 0.801. The first kappa shape index (κ1) is 15.7. The number of benzene rings is 1. The lowest BCUT2D eigenvalue weighted by molar-refractivity contribution is 0.0173. The molecule has 1 heterocycles. The van der Waals surface area contributed by atoms with Gasteiger partial charge in [-0.1, -0.05) is 0 Å². The minimum Gasteiger partial charge on any atom is -0.398 e. The van der Waals surface area contributed by atoms with Crippen molar-refractivity contribution < 1.29 is 17.5 Å². The van der Waals surface area contributed by atoms with Gasteiger partial charge in [-0.3, -0.25) is 0 Å². The van der Waals surface area contributed by atoms with Crippen LogP contribution in [-0.4, -0.2) is 27.2 Å². The summed E-state index contributed by atoms with van der Waals surface area (Å²) in [5.41, 5.74) is 5.49. The Kier molecular flexibility index (Phi) is 4.68. The number of nitrogens with one attached hydrogen (secondary N) is 1. The van der Waals surface area contributed by atoms with Crippen LogP contribution in [0, 0.1) is 5.82 Å². The van der Waals surface area contributed by atoms with Gasteiger partial charge in [0.25, 0.3) is 0 Å². The minimum atomic E-state index is -3.78. The Morgan fingerprint density at radius 3 is 2.85 bits per heavy atom. The van der Waals surface area contributed by atoms with Crippen molar-refractivity contribution in [3.63, 3.8) is 0 Å². The average molecular weight is 367 g/mol. The minimum absolute atomic E-state index is 0.00810. The molecular weight excluding hydrogens is 351 g/mol. The van der Waals surface area contributed by atoms with E-state index in [1.807, 2.05) is 6.92 Å². The maximum atomic E-state index is 13.3. The zero-order valence-corrected chi connectivity index (χ0v) is 13.3. The van der Waals surface area contributed by atoms with Crippen LogP contribution in [0.5, 0.6) is 0 Å². The predicted molar refractivity (Wildman–Crippen MR) is 77.3 cm³/mol. The Labute approximate surface area is 125 Å². The summed E-state index contributed by atoms with van der Waals surface area (Å²) in [6.07, 6.45) is 1.21. The molecule has 0 aliphatic carbocycles. The van der Waals surface area contributed by atoms with Crippen molar-refractivity contribution in [3.05, 3.63) is 22.4 Å². The van der Waals surface area contributed by atoms with Crippen LogP contribution < -0.4 is 10.5 Å². The molecule has 1 aromatic carbocycles. The lowest BCUT2D eigenvalue weighted by Gasteiger charge is -2.27. The highest BCUT2D eigenvalue weighted by atomic mass is 79.9. The van der Waals surface area contributed by atoms with Gasteiger partial charge in [-0.25, -0.2) is 17.5 Å². The fourth-order valence-corrected chi connectivity index (χ4v) is 4.08. The first-order valence-electron chi connectivity index (χ1n) is 6.18. The SMILES string of the molecule is CC1CC(NS(=O)(=O)c2cc(Br)c(F)cc2N)CCO1. The van der Waals surface area contributed by atoms with Gasteiger partial charge in [0.2, 0.25) is 10.0 Å². The zero-order chi connectivity index (χ0) is 14.9. The fourth-order valence-electron chi connectivity index (χ4n) is 2.16. The molecule has 0 radical (unpaired) electrons. The van der Waals surface area contributed by atoms with E-state index in [0.29, 0.717) is 19.4 Å². The molecular formula is C12H16BrFN2O3S. The number of anilines is 1. The highest BCUT2D eigenvalue weighted by Gasteiger charge is 2.27. The molecule has 1 aliphatic rings. The normalized spacial score (nSPS) is 23.8. The Bertz CT molecular complexity index is 609. The van der Waals surface area contributed by atoms with Gasteiger partial charge in [-0.05, 0) is 47.8 Å². The second-order valence-corrected chi connectivity index (χ2v) is 7.36. The highest BCUT2D eigenvalue weighted by Crippen LogP contribution is 2.27. The summed E-state index contributed by atoms with van der Waals surface area (Å²) in [7, 11) is -3.78. The summed E-state index contributed by atoms with van der Waals surface area (Å²) in [5, 5.41) is 0. The van der Waals surface area contributed by atoms with Crippen LogP contribution >= 0.6 is 15.9 Å². The van der Waals surface area contributed by atoms with E-state index in [2.05, 4.69) is 20.7 Å². The molecule has 1 fully saturated rings. The second-order valence-electron chi connectivity index (χ2n) is 4.83. The van der Waals surface area contributed by atoms with Crippen molar-refractivity contribution in [1.29, 1.82) is 0 Å². The van der Waals surface area contributed by atoms with Gasteiger partial charge in [0, 0.05) is 12.6 Å². The van der Waals surface area contributed by atoms with E-state index in [1.165, 1.54) is 6.07 Å². The van der Waals surface area contributed by atoms with Crippen LogP contribution in [0.3, 0.4) is 0 Å². The number of nitrogen functional groups attached to an aromatic ring is 1. The molecule has 0 aromatic heterocycles. The summed E-state index contributed by atoms with van der Waals surface area (Å²) < 4.78 is 46.0. The monoisotopic (exact) mass is 366 g/mol. The van der Waals surface area contributed by atoms with Crippen LogP contribution in [0.1, 0.15) is 19.8 Å². The van der Waals surface area contributed by atoms with E-state index in [4.69, 9.17) is 10.5 Å². The summed E-state index contributed by atoms with van der Waals surface area (Å²) in [5.74, 6) is -0.596. The molecule has 0 bridgehead atoms. The molecule has 0 spiro atoms. The summed E-state index contributed by atoms with van der Waals surface area (Å²) >= 11 is 2.96. The number of ether oxygens (including phenoxy) is 1. The van der Waals surface area contributed by atoms with E-state index in [1.54, 1.807) is 0 Å². The van der Waals surface area contributed by atoms with Crippen LogP contribution in [0.4, 0.5) is 10.1 Å². The number of hydrogen-bond donors (Lipinski definition) is 2. The molecule has 2 rings (SSSR count). The van der Waals surface area contributed by atoms with Crippen molar-refractivity contribution in [3.8, 4) is 0 Å².